The third kappa shape index (κ3) is 3.83. The zero-order valence-electron chi connectivity index (χ0n) is 17.5. The number of hydrogen-bond acceptors (Lipinski definition) is 2. The van der Waals surface area contributed by atoms with Crippen LogP contribution in [-0.2, 0) is 19.4 Å². The van der Waals surface area contributed by atoms with E-state index in [1.807, 2.05) is 12.1 Å². The second-order valence-electron chi connectivity index (χ2n) is 8.21. The van der Waals surface area contributed by atoms with Crippen LogP contribution in [0.1, 0.15) is 34.4 Å². The van der Waals surface area contributed by atoms with Gasteiger partial charge in [-0.1, -0.05) is 72.8 Å². The van der Waals surface area contributed by atoms with Crippen LogP contribution in [0.15, 0.2) is 89.4 Å². The summed E-state index contributed by atoms with van der Waals surface area (Å²) in [7, 11) is 2.17. The van der Waals surface area contributed by atoms with Gasteiger partial charge in [0.05, 0.1) is 6.54 Å². The maximum Gasteiger partial charge on any atom is 0.134 e. The molecule has 2 nitrogen and oxygen atoms in total. The molecule has 30 heavy (non-hydrogen) atoms. The van der Waals surface area contributed by atoms with Crippen LogP contribution in [0.5, 0.6) is 0 Å². The maximum atomic E-state index is 5.99. The third-order valence-electron chi connectivity index (χ3n) is 6.04. The van der Waals surface area contributed by atoms with E-state index >= 15 is 0 Å². The molecule has 2 heteroatoms. The van der Waals surface area contributed by atoms with E-state index in [2.05, 4.69) is 84.8 Å². The van der Waals surface area contributed by atoms with E-state index in [1.54, 1.807) is 0 Å². The Hall–Kier alpha value is -3.10. The highest BCUT2D eigenvalue weighted by molar-refractivity contribution is 5.84. The summed E-state index contributed by atoms with van der Waals surface area (Å²) in [4.78, 5) is 2.34. The van der Waals surface area contributed by atoms with Crippen LogP contribution >= 0.6 is 0 Å². The molecule has 0 unspecified atom stereocenters. The molecule has 0 spiro atoms. The zero-order chi connectivity index (χ0) is 20.3. The van der Waals surface area contributed by atoms with Crippen molar-refractivity contribution in [3.05, 3.63) is 113 Å². The molecule has 150 valence electrons. The van der Waals surface area contributed by atoms with E-state index in [0.717, 1.165) is 43.7 Å². The molecule has 0 amide bonds. The van der Waals surface area contributed by atoms with Gasteiger partial charge in [-0.05, 0) is 66.3 Å². The highest BCUT2D eigenvalue weighted by atomic mass is 16.3. The lowest BCUT2D eigenvalue weighted by atomic mass is 9.93. The van der Waals surface area contributed by atoms with Gasteiger partial charge < -0.3 is 4.42 Å². The van der Waals surface area contributed by atoms with Crippen LogP contribution in [0.4, 0.5) is 0 Å². The Morgan fingerprint density at radius 1 is 0.833 bits per heavy atom. The van der Waals surface area contributed by atoms with Crippen molar-refractivity contribution in [2.24, 2.45) is 0 Å². The molecule has 0 bridgehead atoms. The number of para-hydroxylation sites is 1. The molecule has 0 radical (unpaired) electrons. The van der Waals surface area contributed by atoms with Gasteiger partial charge in [0.1, 0.15) is 11.3 Å². The van der Waals surface area contributed by atoms with Crippen LogP contribution in [0.25, 0.3) is 16.5 Å². The number of fused-ring (bicyclic) bond motifs is 3. The summed E-state index contributed by atoms with van der Waals surface area (Å²) >= 11 is 0. The lowest BCUT2D eigenvalue weighted by Gasteiger charge is -2.15. The van der Waals surface area contributed by atoms with Crippen LogP contribution in [-0.4, -0.2) is 18.5 Å². The number of aryl methyl sites for hydroxylation is 2. The minimum atomic E-state index is 0.824. The Labute approximate surface area is 178 Å². The van der Waals surface area contributed by atoms with Crippen LogP contribution in [0, 0.1) is 0 Å². The Balaban J connectivity index is 1.34. The van der Waals surface area contributed by atoms with Crippen molar-refractivity contribution in [1.29, 1.82) is 0 Å². The molecule has 0 saturated carbocycles. The normalized spacial score (nSPS) is 13.2. The fourth-order valence-corrected chi connectivity index (χ4v) is 4.53. The predicted molar refractivity (Wildman–Crippen MR) is 125 cm³/mol. The second kappa shape index (κ2) is 8.33. The summed E-state index contributed by atoms with van der Waals surface area (Å²) in [6, 6.07) is 28.1. The van der Waals surface area contributed by atoms with E-state index in [9.17, 15) is 0 Å². The summed E-state index contributed by atoms with van der Waals surface area (Å²) in [6.07, 6.45) is 5.65. The standard InChI is InChI=1S/C28H27NO/c1-29(20-24-19-23-11-4-7-15-28(23)30-24)18-8-14-27-25-12-5-2-9-21(25)16-17-22-10-3-6-13-26(22)27/h2-7,9-15,19H,8,16-18,20H2,1H3. The van der Waals surface area contributed by atoms with Crippen molar-refractivity contribution < 1.29 is 4.42 Å². The largest absolute Gasteiger partial charge is 0.460 e. The summed E-state index contributed by atoms with van der Waals surface area (Å²) in [5.41, 5.74) is 8.04. The maximum absolute atomic E-state index is 5.99. The number of furan rings is 1. The predicted octanol–water partition coefficient (Wildman–Crippen LogP) is 6.49. The van der Waals surface area contributed by atoms with Gasteiger partial charge in [-0.2, -0.15) is 0 Å². The molecule has 0 atom stereocenters. The average Bonchev–Trinajstić information content (AvgIpc) is 3.11. The molecule has 1 aliphatic rings. The topological polar surface area (TPSA) is 16.4 Å². The van der Waals surface area contributed by atoms with Crippen LogP contribution < -0.4 is 0 Å². The fourth-order valence-electron chi connectivity index (χ4n) is 4.53. The van der Waals surface area contributed by atoms with Gasteiger partial charge in [0.2, 0.25) is 0 Å². The Kier molecular flexibility index (Phi) is 5.25. The quantitative estimate of drug-likeness (QED) is 0.385. The molecule has 0 N–H and O–H groups in total. The first-order chi connectivity index (χ1) is 14.8. The van der Waals surface area contributed by atoms with E-state index in [0.29, 0.717) is 0 Å². The van der Waals surface area contributed by atoms with Gasteiger partial charge in [0, 0.05) is 11.9 Å². The SMILES string of the molecule is CN(CCC=C1c2ccccc2CCc2ccccc21)Cc1cc2ccccc2o1. The molecule has 0 aliphatic heterocycles. The Bertz CT molecular complexity index is 1120. The summed E-state index contributed by atoms with van der Waals surface area (Å²) < 4.78 is 5.99. The molecular formula is C28H27NO. The highest BCUT2D eigenvalue weighted by Crippen LogP contribution is 2.33. The number of nitrogens with zero attached hydrogens (tertiary/aromatic N) is 1. The first-order valence-corrected chi connectivity index (χ1v) is 10.8. The van der Waals surface area contributed by atoms with Crippen molar-refractivity contribution in [2.45, 2.75) is 25.8 Å². The first-order valence-electron chi connectivity index (χ1n) is 10.8. The van der Waals surface area contributed by atoms with Crippen molar-refractivity contribution in [3.63, 3.8) is 0 Å². The van der Waals surface area contributed by atoms with Gasteiger partial charge in [0.25, 0.3) is 0 Å². The smallest absolute Gasteiger partial charge is 0.134 e. The van der Waals surface area contributed by atoms with Gasteiger partial charge in [-0.15, -0.1) is 0 Å². The van der Waals surface area contributed by atoms with Crippen molar-refractivity contribution in [2.75, 3.05) is 13.6 Å². The van der Waals surface area contributed by atoms with Gasteiger partial charge in [0.15, 0.2) is 0 Å². The number of hydrogen-bond donors (Lipinski definition) is 0. The molecule has 1 aromatic heterocycles. The average molecular weight is 394 g/mol. The third-order valence-corrected chi connectivity index (χ3v) is 6.04. The lowest BCUT2D eigenvalue weighted by Crippen LogP contribution is -2.18. The molecule has 0 fully saturated rings. The van der Waals surface area contributed by atoms with Crippen molar-refractivity contribution in [1.82, 2.24) is 4.90 Å². The van der Waals surface area contributed by atoms with Gasteiger partial charge >= 0.3 is 0 Å². The summed E-state index contributed by atoms with van der Waals surface area (Å²) in [5.74, 6) is 1.02. The zero-order valence-corrected chi connectivity index (χ0v) is 17.5. The molecule has 1 aliphatic carbocycles. The van der Waals surface area contributed by atoms with E-state index in [-0.39, 0.29) is 0 Å². The highest BCUT2D eigenvalue weighted by Gasteiger charge is 2.17. The molecule has 3 aromatic carbocycles. The minimum absolute atomic E-state index is 0.824. The Morgan fingerprint density at radius 2 is 1.47 bits per heavy atom. The minimum Gasteiger partial charge on any atom is -0.460 e. The molecule has 0 saturated heterocycles. The first kappa shape index (κ1) is 18.9. The second-order valence-corrected chi connectivity index (χ2v) is 8.21. The van der Waals surface area contributed by atoms with E-state index in [1.165, 1.54) is 33.2 Å². The molecule has 1 heterocycles. The number of rotatable bonds is 5. The number of benzene rings is 3. The van der Waals surface area contributed by atoms with Crippen molar-refractivity contribution >= 4 is 16.5 Å². The van der Waals surface area contributed by atoms with Gasteiger partial charge in [-0.3, -0.25) is 4.90 Å². The fraction of sp³-hybridized carbons (Fsp3) is 0.214. The monoisotopic (exact) mass is 393 g/mol. The van der Waals surface area contributed by atoms with E-state index in [4.69, 9.17) is 4.42 Å². The molecule has 4 aromatic rings. The Morgan fingerprint density at radius 3 is 2.17 bits per heavy atom. The summed E-state index contributed by atoms with van der Waals surface area (Å²) in [6.45, 7) is 1.82. The lowest BCUT2D eigenvalue weighted by molar-refractivity contribution is 0.304. The van der Waals surface area contributed by atoms with Crippen molar-refractivity contribution in [3.8, 4) is 0 Å². The molecular weight excluding hydrogens is 366 g/mol. The van der Waals surface area contributed by atoms with Crippen LogP contribution in [0.2, 0.25) is 0 Å². The van der Waals surface area contributed by atoms with Crippen LogP contribution in [0.3, 0.4) is 0 Å². The van der Waals surface area contributed by atoms with E-state index < -0.39 is 0 Å². The molecule has 5 rings (SSSR count). The van der Waals surface area contributed by atoms with Gasteiger partial charge in [-0.25, -0.2) is 0 Å². The summed E-state index contributed by atoms with van der Waals surface area (Å²) in [5, 5.41) is 1.18.